The molecule has 0 aliphatic carbocycles. The van der Waals surface area contributed by atoms with Gasteiger partial charge in [0.2, 0.25) is 17.8 Å². The van der Waals surface area contributed by atoms with E-state index in [2.05, 4.69) is 19.9 Å². The van der Waals surface area contributed by atoms with Crippen molar-refractivity contribution in [3.63, 3.8) is 0 Å². The van der Waals surface area contributed by atoms with E-state index >= 15 is 0 Å². The van der Waals surface area contributed by atoms with Crippen molar-refractivity contribution in [3.8, 4) is 0 Å². The average Bonchev–Trinajstić information content (AvgIpc) is 2.47. The third-order valence-electron chi connectivity index (χ3n) is 3.14. The summed E-state index contributed by atoms with van der Waals surface area (Å²) in [4.78, 5) is 16.9. The van der Waals surface area contributed by atoms with Gasteiger partial charge < -0.3 is 25.0 Å². The van der Waals surface area contributed by atoms with Gasteiger partial charge in [0.1, 0.15) is 0 Å². The molecule has 1 aromatic heterocycles. The van der Waals surface area contributed by atoms with E-state index in [-0.39, 0.29) is 12.1 Å². The lowest BCUT2D eigenvalue weighted by Crippen LogP contribution is -2.38. The maximum absolute atomic E-state index is 5.80. The number of nitrogens with zero attached hydrogens (tertiary/aromatic N) is 5. The molecular weight excluding hydrogens is 272 g/mol. The first-order chi connectivity index (χ1) is 10.1. The highest BCUT2D eigenvalue weighted by Gasteiger charge is 2.17. The van der Waals surface area contributed by atoms with Crippen molar-refractivity contribution in [2.75, 3.05) is 62.0 Å². The molecule has 21 heavy (non-hydrogen) atoms. The number of nitrogens with two attached hydrogens (primary N) is 1. The quantitative estimate of drug-likeness (QED) is 0.793. The largest absolute Gasteiger partial charge is 0.378 e. The maximum Gasteiger partial charge on any atom is 0.232 e. The van der Waals surface area contributed by atoms with Crippen molar-refractivity contribution in [2.24, 2.45) is 0 Å². The molecule has 1 aliphatic heterocycles. The van der Waals surface area contributed by atoms with Crippen LogP contribution in [0.25, 0.3) is 0 Å². The summed E-state index contributed by atoms with van der Waals surface area (Å²) < 4.78 is 10.9. The summed E-state index contributed by atoms with van der Waals surface area (Å²) in [6.07, 6.45) is 0.214. The van der Waals surface area contributed by atoms with E-state index in [4.69, 9.17) is 15.2 Å². The number of nitrogen functional groups attached to an aromatic ring is 1. The summed E-state index contributed by atoms with van der Waals surface area (Å²) in [7, 11) is 1.92. The molecular formula is C13H24N6O2. The Hall–Kier alpha value is -1.67. The van der Waals surface area contributed by atoms with Crippen LogP contribution in [0.3, 0.4) is 0 Å². The maximum atomic E-state index is 5.80. The Morgan fingerprint density at radius 1 is 1.29 bits per heavy atom. The zero-order chi connectivity index (χ0) is 15.2. The Labute approximate surface area is 125 Å². The molecule has 2 heterocycles. The van der Waals surface area contributed by atoms with E-state index in [9.17, 15) is 0 Å². The van der Waals surface area contributed by atoms with Crippen LogP contribution in [0.4, 0.5) is 17.8 Å². The van der Waals surface area contributed by atoms with Crippen LogP contribution >= 0.6 is 0 Å². The molecule has 118 valence electrons. The molecule has 1 saturated heterocycles. The standard InChI is InChI=1S/C13H24N6O2/c1-10(2)21-9-4-18(3)12-15-11(14)16-13(17-12)19-5-7-20-8-6-19/h10H,4-9H2,1-3H3,(H2,14,15,16,17). The van der Waals surface area contributed by atoms with E-state index in [1.807, 2.05) is 25.8 Å². The summed E-state index contributed by atoms with van der Waals surface area (Å²) in [6, 6.07) is 0. The van der Waals surface area contributed by atoms with Crippen molar-refractivity contribution in [2.45, 2.75) is 20.0 Å². The molecule has 1 fully saturated rings. The summed E-state index contributed by atoms with van der Waals surface area (Å²) in [6.45, 7) is 8.23. The number of likely N-dealkylation sites (N-methyl/N-ethyl adjacent to an activating group) is 1. The molecule has 0 amide bonds. The molecule has 0 saturated carbocycles. The third-order valence-corrected chi connectivity index (χ3v) is 3.14. The van der Waals surface area contributed by atoms with Crippen molar-refractivity contribution in [3.05, 3.63) is 0 Å². The highest BCUT2D eigenvalue weighted by Crippen LogP contribution is 2.15. The first kappa shape index (κ1) is 15.7. The van der Waals surface area contributed by atoms with Crippen molar-refractivity contribution in [1.82, 2.24) is 15.0 Å². The van der Waals surface area contributed by atoms with E-state index < -0.39 is 0 Å². The second-order valence-electron chi connectivity index (χ2n) is 5.23. The lowest BCUT2D eigenvalue weighted by Gasteiger charge is -2.27. The zero-order valence-corrected chi connectivity index (χ0v) is 12.9. The molecule has 0 atom stereocenters. The fourth-order valence-electron chi connectivity index (χ4n) is 1.97. The predicted molar refractivity (Wildman–Crippen MR) is 81.6 cm³/mol. The number of hydrogen-bond donors (Lipinski definition) is 1. The van der Waals surface area contributed by atoms with Gasteiger partial charge in [0.25, 0.3) is 0 Å². The van der Waals surface area contributed by atoms with E-state index in [0.717, 1.165) is 13.1 Å². The number of hydrogen-bond acceptors (Lipinski definition) is 8. The molecule has 1 aromatic rings. The van der Waals surface area contributed by atoms with Crippen molar-refractivity contribution in [1.29, 1.82) is 0 Å². The van der Waals surface area contributed by atoms with Gasteiger partial charge >= 0.3 is 0 Å². The van der Waals surface area contributed by atoms with Crippen LogP contribution in [0.1, 0.15) is 13.8 Å². The second kappa shape index (κ2) is 7.37. The third kappa shape index (κ3) is 4.68. The summed E-state index contributed by atoms with van der Waals surface area (Å²) >= 11 is 0. The topological polar surface area (TPSA) is 89.6 Å². The molecule has 2 rings (SSSR count). The van der Waals surface area contributed by atoms with Crippen LogP contribution in [0, 0.1) is 0 Å². The fourth-order valence-corrected chi connectivity index (χ4v) is 1.97. The number of ether oxygens (including phenoxy) is 2. The van der Waals surface area contributed by atoms with Crippen molar-refractivity contribution < 1.29 is 9.47 Å². The lowest BCUT2D eigenvalue weighted by atomic mass is 10.4. The predicted octanol–water partition coefficient (Wildman–Crippen LogP) is 0.152. The molecule has 0 aromatic carbocycles. The first-order valence-corrected chi connectivity index (χ1v) is 7.23. The van der Waals surface area contributed by atoms with Gasteiger partial charge in [-0.05, 0) is 13.8 Å². The molecule has 0 bridgehead atoms. The van der Waals surface area contributed by atoms with E-state index in [0.29, 0.717) is 38.3 Å². The molecule has 2 N–H and O–H groups in total. The molecule has 0 spiro atoms. The highest BCUT2D eigenvalue weighted by atomic mass is 16.5. The van der Waals surface area contributed by atoms with Gasteiger partial charge in [0.05, 0.1) is 25.9 Å². The average molecular weight is 296 g/mol. The highest BCUT2D eigenvalue weighted by molar-refractivity contribution is 5.43. The Kier molecular flexibility index (Phi) is 5.51. The minimum absolute atomic E-state index is 0.214. The van der Waals surface area contributed by atoms with Gasteiger partial charge in [-0.25, -0.2) is 0 Å². The summed E-state index contributed by atoms with van der Waals surface area (Å²) in [5.74, 6) is 1.41. The van der Waals surface area contributed by atoms with Crippen LogP contribution in [0.5, 0.6) is 0 Å². The van der Waals surface area contributed by atoms with Crippen LogP contribution in [-0.4, -0.2) is 67.6 Å². The molecule has 8 nitrogen and oxygen atoms in total. The molecule has 8 heteroatoms. The van der Waals surface area contributed by atoms with Crippen LogP contribution in [0.2, 0.25) is 0 Å². The minimum atomic E-state index is 0.214. The number of anilines is 3. The van der Waals surface area contributed by atoms with E-state index in [1.165, 1.54) is 0 Å². The summed E-state index contributed by atoms with van der Waals surface area (Å²) in [5.41, 5.74) is 5.80. The minimum Gasteiger partial charge on any atom is -0.378 e. The van der Waals surface area contributed by atoms with Crippen LogP contribution < -0.4 is 15.5 Å². The first-order valence-electron chi connectivity index (χ1n) is 7.23. The van der Waals surface area contributed by atoms with Gasteiger partial charge in [-0.2, -0.15) is 15.0 Å². The van der Waals surface area contributed by atoms with Crippen LogP contribution in [0.15, 0.2) is 0 Å². The molecule has 0 radical (unpaired) electrons. The number of rotatable bonds is 6. The normalized spacial score (nSPS) is 15.5. The summed E-state index contributed by atoms with van der Waals surface area (Å²) in [5, 5.41) is 0. The van der Waals surface area contributed by atoms with Crippen LogP contribution in [-0.2, 0) is 9.47 Å². The number of morpholine rings is 1. The SMILES string of the molecule is CC(C)OCCN(C)c1nc(N)nc(N2CCOCC2)n1. The Morgan fingerprint density at radius 3 is 2.67 bits per heavy atom. The smallest absolute Gasteiger partial charge is 0.232 e. The van der Waals surface area contributed by atoms with Gasteiger partial charge in [0.15, 0.2) is 0 Å². The van der Waals surface area contributed by atoms with Crippen molar-refractivity contribution >= 4 is 17.8 Å². The van der Waals surface area contributed by atoms with Gasteiger partial charge in [-0.1, -0.05) is 0 Å². The van der Waals surface area contributed by atoms with Gasteiger partial charge in [0, 0.05) is 26.7 Å². The monoisotopic (exact) mass is 296 g/mol. The molecule has 0 unspecified atom stereocenters. The molecule has 1 aliphatic rings. The van der Waals surface area contributed by atoms with Gasteiger partial charge in [-0.3, -0.25) is 0 Å². The Balaban J connectivity index is 2.03. The second-order valence-corrected chi connectivity index (χ2v) is 5.23. The Morgan fingerprint density at radius 2 is 2.00 bits per heavy atom. The van der Waals surface area contributed by atoms with Gasteiger partial charge in [-0.15, -0.1) is 0 Å². The Bertz CT molecular complexity index is 450. The lowest BCUT2D eigenvalue weighted by molar-refractivity contribution is 0.0844. The van der Waals surface area contributed by atoms with E-state index in [1.54, 1.807) is 0 Å². The fraction of sp³-hybridized carbons (Fsp3) is 0.769. The number of aromatic nitrogens is 3. The zero-order valence-electron chi connectivity index (χ0n) is 12.9.